The molecule has 2 N–H and O–H groups in total. The van der Waals surface area contributed by atoms with E-state index in [1.807, 2.05) is 18.2 Å². The Balaban J connectivity index is 2.11. The van der Waals surface area contributed by atoms with Gasteiger partial charge in [-0.2, -0.15) is 5.26 Å². The smallest absolute Gasteiger partial charge is 0.312 e. The van der Waals surface area contributed by atoms with E-state index in [1.54, 1.807) is 30.3 Å². The topological polar surface area (TPSA) is 73.1 Å². The van der Waals surface area contributed by atoms with Crippen molar-refractivity contribution in [1.82, 2.24) is 0 Å². The van der Waals surface area contributed by atoms with Crippen LogP contribution in [0.3, 0.4) is 0 Å². The van der Waals surface area contributed by atoms with Gasteiger partial charge in [0, 0.05) is 16.7 Å². The third-order valence-electron chi connectivity index (χ3n) is 3.10. The molecule has 21 heavy (non-hydrogen) atoms. The van der Waals surface area contributed by atoms with Gasteiger partial charge in [0.25, 0.3) is 0 Å². The Morgan fingerprint density at radius 3 is 2.57 bits per heavy atom. The molecule has 106 valence electrons. The molecule has 0 aromatic heterocycles. The Kier molecular flexibility index (Phi) is 4.96. The Morgan fingerprint density at radius 1 is 1.29 bits per heavy atom. The zero-order chi connectivity index (χ0) is 15.2. The molecule has 2 aromatic rings. The van der Waals surface area contributed by atoms with Gasteiger partial charge in [-0.1, -0.05) is 30.3 Å². The van der Waals surface area contributed by atoms with E-state index in [4.69, 9.17) is 5.26 Å². The molecule has 0 aliphatic heterocycles. The van der Waals surface area contributed by atoms with Gasteiger partial charge in [0.05, 0.1) is 11.5 Å². The number of carbonyl (C=O) groups is 1. The fraction of sp³-hybridized carbons (Fsp3) is 0.125. The first-order valence-corrected chi connectivity index (χ1v) is 7.12. The Morgan fingerprint density at radius 2 is 2.00 bits per heavy atom. The van der Waals surface area contributed by atoms with Gasteiger partial charge >= 0.3 is 5.97 Å². The molecular weight excluding hydrogens is 332 g/mol. The molecule has 0 saturated carbocycles. The molecule has 0 saturated heterocycles. The van der Waals surface area contributed by atoms with Crippen molar-refractivity contribution in [2.45, 2.75) is 5.92 Å². The molecule has 0 radical (unpaired) electrons. The number of aliphatic carboxylic acids is 1. The Bertz CT molecular complexity index is 680. The predicted molar refractivity (Wildman–Crippen MR) is 84.2 cm³/mol. The summed E-state index contributed by atoms with van der Waals surface area (Å²) in [6, 6.07) is 16.4. The Labute approximate surface area is 131 Å². The van der Waals surface area contributed by atoms with Gasteiger partial charge in [0.2, 0.25) is 0 Å². The van der Waals surface area contributed by atoms with Crippen LogP contribution in [0.4, 0.5) is 5.69 Å². The summed E-state index contributed by atoms with van der Waals surface area (Å²) in [7, 11) is 0. The van der Waals surface area contributed by atoms with Crippen LogP contribution in [0.2, 0.25) is 0 Å². The van der Waals surface area contributed by atoms with E-state index in [0.717, 1.165) is 11.3 Å². The summed E-state index contributed by atoms with van der Waals surface area (Å²) in [5.41, 5.74) is 2.06. The highest BCUT2D eigenvalue weighted by Crippen LogP contribution is 2.22. The maximum Gasteiger partial charge on any atom is 0.312 e. The lowest BCUT2D eigenvalue weighted by atomic mass is 9.99. The highest BCUT2D eigenvalue weighted by Gasteiger charge is 2.19. The number of rotatable bonds is 5. The lowest BCUT2D eigenvalue weighted by Gasteiger charge is -2.15. The van der Waals surface area contributed by atoms with Crippen LogP contribution in [-0.4, -0.2) is 17.6 Å². The zero-order valence-corrected chi connectivity index (χ0v) is 12.7. The second kappa shape index (κ2) is 6.91. The molecule has 5 heteroatoms. The first kappa shape index (κ1) is 15.1. The molecule has 0 amide bonds. The summed E-state index contributed by atoms with van der Waals surface area (Å²) in [4.78, 5) is 11.4. The van der Waals surface area contributed by atoms with Crippen molar-refractivity contribution in [2.24, 2.45) is 0 Å². The van der Waals surface area contributed by atoms with Gasteiger partial charge in [-0.05, 0) is 39.7 Å². The van der Waals surface area contributed by atoms with Crippen LogP contribution in [0.1, 0.15) is 17.0 Å². The van der Waals surface area contributed by atoms with Crippen LogP contribution in [0.25, 0.3) is 0 Å². The monoisotopic (exact) mass is 344 g/mol. The third-order valence-corrected chi connectivity index (χ3v) is 3.76. The van der Waals surface area contributed by atoms with Crippen LogP contribution >= 0.6 is 15.9 Å². The number of hydrogen-bond acceptors (Lipinski definition) is 3. The fourth-order valence-electron chi connectivity index (χ4n) is 1.97. The standard InChI is InChI=1S/C16H13BrN2O2/c17-15-8-13(7-6-12(15)9-18)19-10-14(16(20)21)11-4-2-1-3-5-11/h1-8,14,19H,10H2,(H,20,21). The van der Waals surface area contributed by atoms with Crippen LogP contribution < -0.4 is 5.32 Å². The second-order valence-corrected chi connectivity index (χ2v) is 5.34. The Hall–Kier alpha value is -2.32. The van der Waals surface area contributed by atoms with Crippen LogP contribution in [-0.2, 0) is 4.79 Å². The predicted octanol–water partition coefficient (Wildman–Crippen LogP) is 3.60. The molecule has 4 nitrogen and oxygen atoms in total. The molecule has 2 rings (SSSR count). The summed E-state index contributed by atoms with van der Waals surface area (Å²) in [6.45, 7) is 0.275. The van der Waals surface area contributed by atoms with Gasteiger partial charge in [-0.3, -0.25) is 4.79 Å². The average molecular weight is 345 g/mol. The first-order chi connectivity index (χ1) is 10.1. The summed E-state index contributed by atoms with van der Waals surface area (Å²) in [6.07, 6.45) is 0. The molecule has 0 fully saturated rings. The van der Waals surface area contributed by atoms with Gasteiger partial charge < -0.3 is 10.4 Å². The van der Waals surface area contributed by atoms with Crippen LogP contribution in [0.5, 0.6) is 0 Å². The van der Waals surface area contributed by atoms with Crippen molar-refractivity contribution < 1.29 is 9.90 Å². The lowest BCUT2D eigenvalue weighted by molar-refractivity contribution is -0.138. The maximum absolute atomic E-state index is 11.4. The van der Waals surface area contributed by atoms with Gasteiger partial charge in [0.15, 0.2) is 0 Å². The normalized spacial score (nSPS) is 11.4. The van der Waals surface area contributed by atoms with Crippen molar-refractivity contribution >= 4 is 27.6 Å². The minimum Gasteiger partial charge on any atom is -0.481 e. The number of nitriles is 1. The number of nitrogens with one attached hydrogen (secondary N) is 1. The zero-order valence-electron chi connectivity index (χ0n) is 11.1. The minimum absolute atomic E-state index is 0.275. The van der Waals surface area contributed by atoms with Crippen molar-refractivity contribution in [3.8, 4) is 6.07 Å². The van der Waals surface area contributed by atoms with Crippen molar-refractivity contribution in [3.63, 3.8) is 0 Å². The van der Waals surface area contributed by atoms with Crippen LogP contribution in [0, 0.1) is 11.3 Å². The molecule has 1 atom stereocenters. The SMILES string of the molecule is N#Cc1ccc(NCC(C(=O)O)c2ccccc2)cc1Br. The second-order valence-electron chi connectivity index (χ2n) is 4.49. The largest absolute Gasteiger partial charge is 0.481 e. The van der Waals surface area contributed by atoms with Gasteiger partial charge in [-0.15, -0.1) is 0 Å². The quantitative estimate of drug-likeness (QED) is 0.868. The number of hydrogen-bond donors (Lipinski definition) is 2. The molecule has 1 unspecified atom stereocenters. The summed E-state index contributed by atoms with van der Waals surface area (Å²) in [5.74, 6) is -1.50. The van der Waals surface area contributed by atoms with E-state index in [9.17, 15) is 9.90 Å². The van der Waals surface area contributed by atoms with Crippen molar-refractivity contribution in [1.29, 1.82) is 5.26 Å². The summed E-state index contributed by atoms with van der Waals surface area (Å²) >= 11 is 3.31. The number of carboxylic acid groups (broad SMARTS) is 1. The molecule has 2 aromatic carbocycles. The third kappa shape index (κ3) is 3.83. The highest BCUT2D eigenvalue weighted by molar-refractivity contribution is 9.10. The minimum atomic E-state index is -0.874. The van der Waals surface area contributed by atoms with E-state index < -0.39 is 11.9 Å². The van der Waals surface area contributed by atoms with E-state index >= 15 is 0 Å². The van der Waals surface area contributed by atoms with E-state index in [0.29, 0.717) is 10.0 Å². The number of halogens is 1. The van der Waals surface area contributed by atoms with Gasteiger partial charge in [0.1, 0.15) is 6.07 Å². The molecule has 0 spiro atoms. The highest BCUT2D eigenvalue weighted by atomic mass is 79.9. The van der Waals surface area contributed by atoms with E-state index in [1.165, 1.54) is 0 Å². The van der Waals surface area contributed by atoms with Crippen LogP contribution in [0.15, 0.2) is 53.0 Å². The number of benzene rings is 2. The summed E-state index contributed by atoms with van der Waals surface area (Å²) in [5, 5.41) is 21.3. The maximum atomic E-state index is 11.4. The lowest BCUT2D eigenvalue weighted by Crippen LogP contribution is -2.20. The fourth-order valence-corrected chi connectivity index (χ4v) is 2.44. The molecule has 0 heterocycles. The first-order valence-electron chi connectivity index (χ1n) is 6.33. The summed E-state index contributed by atoms with van der Waals surface area (Å²) < 4.78 is 0.682. The average Bonchev–Trinajstić information content (AvgIpc) is 2.48. The van der Waals surface area contributed by atoms with Crippen molar-refractivity contribution in [3.05, 3.63) is 64.1 Å². The number of carboxylic acids is 1. The van der Waals surface area contributed by atoms with E-state index in [-0.39, 0.29) is 6.54 Å². The number of anilines is 1. The molecule has 0 aliphatic rings. The number of nitrogens with zero attached hydrogens (tertiary/aromatic N) is 1. The van der Waals surface area contributed by atoms with E-state index in [2.05, 4.69) is 27.3 Å². The molecule has 0 aliphatic carbocycles. The van der Waals surface area contributed by atoms with Crippen molar-refractivity contribution in [2.75, 3.05) is 11.9 Å². The van der Waals surface area contributed by atoms with Gasteiger partial charge in [-0.25, -0.2) is 0 Å². The molecular formula is C16H13BrN2O2. The molecule has 0 bridgehead atoms.